The van der Waals surface area contributed by atoms with Gasteiger partial charge in [0.25, 0.3) is 0 Å². The molecule has 3 aromatic rings. The van der Waals surface area contributed by atoms with Crippen LogP contribution >= 0.6 is 11.6 Å². The second kappa shape index (κ2) is 6.95. The molecule has 26 heavy (non-hydrogen) atoms. The molecule has 0 aliphatic rings. The zero-order valence-electron chi connectivity index (χ0n) is 13.3. The fraction of sp³-hybridized carbons (Fsp3) is 0.0556. The van der Waals surface area contributed by atoms with Gasteiger partial charge in [0.1, 0.15) is 11.3 Å². The second-order valence-corrected chi connectivity index (χ2v) is 7.75. The summed E-state index contributed by atoms with van der Waals surface area (Å²) >= 11 is 5.89. The van der Waals surface area contributed by atoms with Crippen molar-refractivity contribution in [2.24, 2.45) is 0 Å². The van der Waals surface area contributed by atoms with E-state index in [4.69, 9.17) is 11.6 Å². The molecule has 0 saturated heterocycles. The zero-order chi connectivity index (χ0) is 18.9. The lowest BCUT2D eigenvalue weighted by Gasteiger charge is -2.13. The molecule has 0 bridgehead atoms. The molecule has 0 aliphatic heterocycles. The molecule has 0 aromatic heterocycles. The summed E-state index contributed by atoms with van der Waals surface area (Å²) in [4.78, 5) is 11.2. The van der Waals surface area contributed by atoms with Crippen molar-refractivity contribution in [3.05, 3.63) is 70.7 Å². The van der Waals surface area contributed by atoms with E-state index in [0.29, 0.717) is 10.6 Å². The molecule has 0 aliphatic carbocycles. The summed E-state index contributed by atoms with van der Waals surface area (Å²) in [6, 6.07) is 13.8. The van der Waals surface area contributed by atoms with Gasteiger partial charge < -0.3 is 10.2 Å². The summed E-state index contributed by atoms with van der Waals surface area (Å²) < 4.78 is 28.0. The van der Waals surface area contributed by atoms with Gasteiger partial charge in [0.2, 0.25) is 10.0 Å². The highest BCUT2D eigenvalue weighted by Crippen LogP contribution is 2.34. The molecule has 3 rings (SSSR count). The minimum Gasteiger partial charge on any atom is -0.506 e. The molecule has 0 amide bonds. The van der Waals surface area contributed by atoms with Crippen molar-refractivity contribution in [2.75, 3.05) is 0 Å². The van der Waals surface area contributed by atoms with E-state index in [0.717, 1.165) is 6.07 Å². The molecular formula is C18H14ClNO5S. The minimum absolute atomic E-state index is 0.0134. The van der Waals surface area contributed by atoms with Gasteiger partial charge in [0.15, 0.2) is 0 Å². The van der Waals surface area contributed by atoms with Crippen molar-refractivity contribution >= 4 is 38.4 Å². The van der Waals surface area contributed by atoms with E-state index in [9.17, 15) is 23.4 Å². The lowest BCUT2D eigenvalue weighted by Crippen LogP contribution is -2.24. The third-order valence-corrected chi connectivity index (χ3v) is 5.53. The van der Waals surface area contributed by atoms with Crippen LogP contribution in [0.2, 0.25) is 5.02 Å². The van der Waals surface area contributed by atoms with Crippen LogP contribution < -0.4 is 4.72 Å². The number of nitrogens with one attached hydrogen (secondary N) is 1. The highest BCUT2D eigenvalue weighted by atomic mass is 35.5. The van der Waals surface area contributed by atoms with Crippen LogP contribution in [0.15, 0.2) is 59.5 Å². The molecule has 0 unspecified atom stereocenters. The monoisotopic (exact) mass is 391 g/mol. The highest BCUT2D eigenvalue weighted by Gasteiger charge is 2.23. The summed E-state index contributed by atoms with van der Waals surface area (Å²) in [6.45, 7) is -0.0134. The number of hydrogen-bond acceptors (Lipinski definition) is 4. The van der Waals surface area contributed by atoms with Gasteiger partial charge in [0, 0.05) is 22.3 Å². The lowest BCUT2D eigenvalue weighted by atomic mass is 10.1. The van der Waals surface area contributed by atoms with E-state index in [1.165, 1.54) is 12.1 Å². The summed E-state index contributed by atoms with van der Waals surface area (Å²) in [7, 11) is -4.04. The van der Waals surface area contributed by atoms with Gasteiger partial charge in [-0.15, -0.1) is 0 Å². The largest absolute Gasteiger partial charge is 0.506 e. The van der Waals surface area contributed by atoms with Crippen LogP contribution in [0.3, 0.4) is 0 Å². The number of hydrogen-bond donors (Lipinski definition) is 3. The SMILES string of the molecule is O=C(O)c1cc(S(=O)(=O)NCc2cccc(Cl)c2)c2ccccc2c1O. The molecule has 0 spiro atoms. The fourth-order valence-corrected chi connectivity index (χ4v) is 4.08. The first-order valence-corrected chi connectivity index (χ1v) is 9.38. The Balaban J connectivity index is 2.08. The Hall–Kier alpha value is -2.61. The predicted molar refractivity (Wildman–Crippen MR) is 98.0 cm³/mol. The Labute approximate surface area is 154 Å². The van der Waals surface area contributed by atoms with Gasteiger partial charge in [-0.2, -0.15) is 0 Å². The maximum Gasteiger partial charge on any atom is 0.339 e. The standard InChI is InChI=1S/C18H14ClNO5S/c19-12-5-3-4-11(8-12)10-20-26(24,25)16-9-15(18(22)23)17(21)14-7-2-1-6-13(14)16/h1-9,20-21H,10H2,(H,22,23). The van der Waals surface area contributed by atoms with Crippen molar-refractivity contribution in [1.29, 1.82) is 0 Å². The lowest BCUT2D eigenvalue weighted by molar-refractivity contribution is 0.0694. The fourth-order valence-electron chi connectivity index (χ4n) is 2.62. The smallest absolute Gasteiger partial charge is 0.339 e. The average molecular weight is 392 g/mol. The third-order valence-electron chi connectivity index (χ3n) is 3.85. The Kier molecular flexibility index (Phi) is 4.86. The van der Waals surface area contributed by atoms with Crippen LogP contribution in [0.5, 0.6) is 5.75 Å². The Morgan fingerprint density at radius 1 is 1.04 bits per heavy atom. The molecule has 134 valence electrons. The third kappa shape index (κ3) is 3.50. The van der Waals surface area contributed by atoms with Crippen LogP contribution in [0.25, 0.3) is 10.8 Å². The average Bonchev–Trinajstić information content (AvgIpc) is 2.60. The summed E-state index contributed by atoms with van der Waals surface area (Å²) in [6.07, 6.45) is 0. The quantitative estimate of drug-likeness (QED) is 0.618. The number of carbonyl (C=O) groups is 1. The topological polar surface area (TPSA) is 104 Å². The van der Waals surface area contributed by atoms with Crippen LogP contribution in [-0.4, -0.2) is 24.6 Å². The maximum absolute atomic E-state index is 12.8. The predicted octanol–water partition coefficient (Wildman–Crippen LogP) is 3.38. The molecule has 0 atom stereocenters. The summed E-state index contributed by atoms with van der Waals surface area (Å²) in [5.41, 5.74) is 0.175. The molecule has 0 heterocycles. The van der Waals surface area contributed by atoms with E-state index >= 15 is 0 Å². The van der Waals surface area contributed by atoms with Gasteiger partial charge in [-0.3, -0.25) is 0 Å². The Bertz CT molecular complexity index is 1110. The van der Waals surface area contributed by atoms with E-state index in [1.807, 2.05) is 0 Å². The van der Waals surface area contributed by atoms with Crippen LogP contribution in [-0.2, 0) is 16.6 Å². The number of aromatic hydroxyl groups is 1. The molecule has 3 N–H and O–H groups in total. The normalized spacial score (nSPS) is 11.6. The van der Waals surface area contributed by atoms with E-state index < -0.39 is 27.3 Å². The first-order valence-electron chi connectivity index (χ1n) is 7.52. The summed E-state index contributed by atoms with van der Waals surface area (Å²) in [5.74, 6) is -1.89. The number of carboxylic acid groups (broad SMARTS) is 1. The summed E-state index contributed by atoms with van der Waals surface area (Å²) in [5, 5.41) is 20.3. The molecule has 6 nitrogen and oxygen atoms in total. The van der Waals surface area contributed by atoms with Gasteiger partial charge in [-0.1, -0.05) is 48.0 Å². The number of halogens is 1. The Morgan fingerprint density at radius 2 is 1.73 bits per heavy atom. The molecule has 8 heteroatoms. The first kappa shape index (κ1) is 18.2. The molecule has 0 radical (unpaired) electrons. The number of rotatable bonds is 5. The second-order valence-electron chi connectivity index (χ2n) is 5.58. The van der Waals surface area contributed by atoms with Gasteiger partial charge >= 0.3 is 5.97 Å². The molecule has 0 fully saturated rings. The van der Waals surface area contributed by atoms with Gasteiger partial charge in [-0.25, -0.2) is 17.9 Å². The number of benzene rings is 3. The minimum atomic E-state index is -4.04. The molecule has 0 saturated carbocycles. The Morgan fingerprint density at radius 3 is 2.38 bits per heavy atom. The number of carboxylic acids is 1. The van der Waals surface area contributed by atoms with E-state index in [-0.39, 0.29) is 22.2 Å². The number of phenols is 1. The van der Waals surface area contributed by atoms with Gasteiger partial charge in [0.05, 0.1) is 4.90 Å². The zero-order valence-corrected chi connectivity index (χ0v) is 14.9. The van der Waals surface area contributed by atoms with Crippen molar-refractivity contribution in [1.82, 2.24) is 4.72 Å². The first-order chi connectivity index (χ1) is 12.3. The number of fused-ring (bicyclic) bond motifs is 1. The van der Waals surface area contributed by atoms with Crippen LogP contribution in [0, 0.1) is 0 Å². The van der Waals surface area contributed by atoms with Crippen LogP contribution in [0.1, 0.15) is 15.9 Å². The van der Waals surface area contributed by atoms with E-state index in [2.05, 4.69) is 4.72 Å². The van der Waals surface area contributed by atoms with Crippen LogP contribution in [0.4, 0.5) is 0 Å². The van der Waals surface area contributed by atoms with E-state index in [1.54, 1.807) is 36.4 Å². The number of sulfonamides is 1. The van der Waals surface area contributed by atoms with Crippen molar-refractivity contribution in [3.8, 4) is 5.75 Å². The molecule has 3 aromatic carbocycles. The van der Waals surface area contributed by atoms with Crippen molar-refractivity contribution in [2.45, 2.75) is 11.4 Å². The highest BCUT2D eigenvalue weighted by molar-refractivity contribution is 7.89. The van der Waals surface area contributed by atoms with Crippen molar-refractivity contribution in [3.63, 3.8) is 0 Å². The van der Waals surface area contributed by atoms with Crippen molar-refractivity contribution < 1.29 is 23.4 Å². The van der Waals surface area contributed by atoms with Gasteiger partial charge in [-0.05, 0) is 23.8 Å². The molecular weight excluding hydrogens is 378 g/mol. The maximum atomic E-state index is 12.8. The number of aromatic carboxylic acids is 1.